The average Bonchev–Trinajstić information content (AvgIpc) is 3.39. The normalized spacial score (nSPS) is 17.4. The Kier molecular flexibility index (Phi) is 6.02. The molecule has 2 amide bonds. The van der Waals surface area contributed by atoms with Crippen molar-refractivity contribution >= 4 is 18.0 Å². The molecule has 1 atom stereocenters. The Morgan fingerprint density at radius 3 is 2.35 bits per heavy atom. The highest BCUT2D eigenvalue weighted by molar-refractivity contribution is 5.91. The molecule has 1 saturated heterocycles. The van der Waals surface area contributed by atoms with Gasteiger partial charge in [0.1, 0.15) is 12.6 Å². The van der Waals surface area contributed by atoms with Crippen LogP contribution < -0.4 is 5.32 Å². The van der Waals surface area contributed by atoms with Crippen molar-refractivity contribution in [3.8, 4) is 11.1 Å². The zero-order valence-corrected chi connectivity index (χ0v) is 17.0. The van der Waals surface area contributed by atoms with Gasteiger partial charge in [-0.05, 0) is 35.1 Å². The van der Waals surface area contributed by atoms with Crippen LogP contribution in [0.15, 0.2) is 60.7 Å². The molecule has 1 aliphatic carbocycles. The molecule has 4 rings (SSSR count). The fourth-order valence-electron chi connectivity index (χ4n) is 4.33. The highest BCUT2D eigenvalue weighted by Crippen LogP contribution is 2.44. The van der Waals surface area contributed by atoms with Gasteiger partial charge in [0.25, 0.3) is 0 Å². The number of carbonyl (C=O) groups excluding carboxylic acids is 2. The molecule has 2 aromatic carbocycles. The van der Waals surface area contributed by atoms with Crippen molar-refractivity contribution in [2.45, 2.75) is 24.8 Å². The number of nitrogens with zero attached hydrogens (tertiary/aromatic N) is 1. The van der Waals surface area contributed by atoms with Crippen LogP contribution in [0.25, 0.3) is 11.1 Å². The lowest BCUT2D eigenvalue weighted by Gasteiger charge is -2.19. The molecule has 0 radical (unpaired) electrons. The number of carboxylic acids is 1. The Labute approximate surface area is 180 Å². The summed E-state index contributed by atoms with van der Waals surface area (Å²) in [4.78, 5) is 36.8. The molecule has 7 heteroatoms. The number of amides is 2. The molecule has 31 heavy (non-hydrogen) atoms. The molecule has 160 valence electrons. The van der Waals surface area contributed by atoms with Crippen molar-refractivity contribution in [1.29, 1.82) is 0 Å². The standard InChI is InChI=1S/C24H24N2O5/c27-22(26-14-6-11-21(26)23(28)29)12-5-13-25-24(30)31-15-20-18-9-3-1-7-16(18)17-8-2-4-10-19(17)20/h1-5,7-10,12,20-21H,6,11,13-15H2,(H,25,30)(H,28,29)/b12-5+/t21-/m1/s1. The van der Waals surface area contributed by atoms with E-state index in [1.807, 2.05) is 24.3 Å². The van der Waals surface area contributed by atoms with Crippen LogP contribution in [0.4, 0.5) is 4.79 Å². The first kappa shape index (κ1) is 20.7. The number of hydrogen-bond donors (Lipinski definition) is 2. The highest BCUT2D eigenvalue weighted by Gasteiger charge is 2.32. The Bertz CT molecular complexity index is 987. The van der Waals surface area contributed by atoms with Gasteiger partial charge in [-0.15, -0.1) is 0 Å². The topological polar surface area (TPSA) is 95.9 Å². The Hall–Kier alpha value is -3.61. The number of likely N-dealkylation sites (tertiary alicyclic amines) is 1. The predicted molar refractivity (Wildman–Crippen MR) is 115 cm³/mol. The second-order valence-corrected chi connectivity index (χ2v) is 7.64. The van der Waals surface area contributed by atoms with Crippen LogP contribution in [0, 0.1) is 0 Å². The van der Waals surface area contributed by atoms with Crippen molar-refractivity contribution in [2.75, 3.05) is 19.7 Å². The maximum absolute atomic E-state index is 12.2. The molecule has 2 aliphatic rings. The van der Waals surface area contributed by atoms with Crippen LogP contribution in [-0.4, -0.2) is 53.7 Å². The van der Waals surface area contributed by atoms with Gasteiger partial charge in [0.05, 0.1) is 0 Å². The molecule has 0 unspecified atom stereocenters. The number of benzene rings is 2. The summed E-state index contributed by atoms with van der Waals surface area (Å²) >= 11 is 0. The van der Waals surface area contributed by atoms with E-state index in [2.05, 4.69) is 29.6 Å². The van der Waals surface area contributed by atoms with Crippen LogP contribution in [-0.2, 0) is 14.3 Å². The van der Waals surface area contributed by atoms with Crippen LogP contribution in [0.1, 0.15) is 29.9 Å². The summed E-state index contributed by atoms with van der Waals surface area (Å²) in [5, 5.41) is 11.8. The molecular formula is C24H24N2O5. The Morgan fingerprint density at radius 2 is 1.71 bits per heavy atom. The average molecular weight is 420 g/mol. The minimum atomic E-state index is -0.990. The summed E-state index contributed by atoms with van der Waals surface area (Å²) in [7, 11) is 0. The molecule has 7 nitrogen and oxygen atoms in total. The largest absolute Gasteiger partial charge is 0.480 e. The molecule has 1 fully saturated rings. The lowest BCUT2D eigenvalue weighted by Crippen LogP contribution is -2.39. The second kappa shape index (κ2) is 9.04. The number of ether oxygens (including phenoxy) is 1. The first-order chi connectivity index (χ1) is 15.1. The number of rotatable bonds is 6. The molecule has 2 N–H and O–H groups in total. The SMILES string of the molecule is O=C(NC/C=C/C(=O)N1CCC[C@@H]1C(=O)O)OCC1c2ccccc2-c2ccccc21. The molecule has 0 saturated carbocycles. The van der Waals surface area contributed by atoms with Crippen LogP contribution >= 0.6 is 0 Å². The quantitative estimate of drug-likeness (QED) is 0.700. The summed E-state index contributed by atoms with van der Waals surface area (Å²) in [5.74, 6) is -1.37. The third-order valence-corrected chi connectivity index (χ3v) is 5.79. The van der Waals surface area contributed by atoms with Crippen molar-refractivity contribution < 1.29 is 24.2 Å². The zero-order valence-electron chi connectivity index (χ0n) is 17.0. The van der Waals surface area contributed by atoms with E-state index < -0.39 is 18.1 Å². The lowest BCUT2D eigenvalue weighted by molar-refractivity contribution is -0.146. The van der Waals surface area contributed by atoms with Gasteiger partial charge < -0.3 is 20.1 Å². The van der Waals surface area contributed by atoms with Crippen LogP contribution in [0.3, 0.4) is 0 Å². The summed E-state index contributed by atoms with van der Waals surface area (Å²) in [6.45, 7) is 0.768. The zero-order chi connectivity index (χ0) is 21.8. The first-order valence-corrected chi connectivity index (χ1v) is 10.3. The summed E-state index contributed by atoms with van der Waals surface area (Å²) in [6.07, 6.45) is 3.37. The van der Waals surface area contributed by atoms with Crippen LogP contribution in [0.2, 0.25) is 0 Å². The van der Waals surface area contributed by atoms with E-state index in [0.717, 1.165) is 22.3 Å². The number of aliphatic carboxylic acids is 1. The smallest absolute Gasteiger partial charge is 0.407 e. The molecule has 2 aromatic rings. The van der Waals surface area contributed by atoms with E-state index in [4.69, 9.17) is 9.84 Å². The Balaban J connectivity index is 1.28. The fraction of sp³-hybridized carbons (Fsp3) is 0.292. The number of fused-ring (bicyclic) bond motifs is 3. The van der Waals surface area contributed by atoms with E-state index in [1.165, 1.54) is 17.1 Å². The Morgan fingerprint density at radius 1 is 1.06 bits per heavy atom. The third kappa shape index (κ3) is 4.30. The van der Waals surface area contributed by atoms with E-state index in [-0.39, 0.29) is 25.0 Å². The highest BCUT2D eigenvalue weighted by atomic mass is 16.5. The molecule has 0 aromatic heterocycles. The lowest BCUT2D eigenvalue weighted by atomic mass is 9.98. The van der Waals surface area contributed by atoms with Gasteiger partial charge in [-0.25, -0.2) is 9.59 Å². The molecule has 0 spiro atoms. The van der Waals surface area contributed by atoms with Crippen molar-refractivity contribution in [3.63, 3.8) is 0 Å². The first-order valence-electron chi connectivity index (χ1n) is 10.3. The number of carbonyl (C=O) groups is 3. The molecule has 1 heterocycles. The van der Waals surface area contributed by atoms with E-state index >= 15 is 0 Å². The van der Waals surface area contributed by atoms with Crippen molar-refractivity contribution in [1.82, 2.24) is 10.2 Å². The number of carboxylic acid groups (broad SMARTS) is 1. The van der Waals surface area contributed by atoms with Gasteiger partial charge in [0.15, 0.2) is 0 Å². The van der Waals surface area contributed by atoms with Gasteiger partial charge in [0, 0.05) is 25.1 Å². The number of alkyl carbamates (subject to hydrolysis) is 1. The predicted octanol–water partition coefficient (Wildman–Crippen LogP) is 3.16. The minimum Gasteiger partial charge on any atom is -0.480 e. The minimum absolute atomic E-state index is 0.0154. The van der Waals surface area contributed by atoms with Gasteiger partial charge in [-0.3, -0.25) is 4.79 Å². The monoisotopic (exact) mass is 420 g/mol. The maximum Gasteiger partial charge on any atom is 0.407 e. The third-order valence-electron chi connectivity index (χ3n) is 5.79. The molecule has 1 aliphatic heterocycles. The summed E-state index contributed by atoms with van der Waals surface area (Å²) in [5.41, 5.74) is 4.60. The fourth-order valence-corrected chi connectivity index (χ4v) is 4.33. The van der Waals surface area contributed by atoms with E-state index in [1.54, 1.807) is 0 Å². The van der Waals surface area contributed by atoms with Crippen molar-refractivity contribution in [3.05, 3.63) is 71.8 Å². The summed E-state index contributed by atoms with van der Waals surface area (Å²) in [6, 6.07) is 15.4. The van der Waals surface area contributed by atoms with Gasteiger partial charge in [-0.2, -0.15) is 0 Å². The number of nitrogens with one attached hydrogen (secondary N) is 1. The van der Waals surface area contributed by atoms with Crippen molar-refractivity contribution in [2.24, 2.45) is 0 Å². The van der Waals surface area contributed by atoms with Crippen LogP contribution in [0.5, 0.6) is 0 Å². The molecular weight excluding hydrogens is 396 g/mol. The van der Waals surface area contributed by atoms with Gasteiger partial charge >= 0.3 is 12.1 Å². The van der Waals surface area contributed by atoms with E-state index in [0.29, 0.717) is 19.4 Å². The molecule has 0 bridgehead atoms. The number of hydrogen-bond acceptors (Lipinski definition) is 4. The second-order valence-electron chi connectivity index (χ2n) is 7.64. The van der Waals surface area contributed by atoms with Gasteiger partial charge in [0.2, 0.25) is 5.91 Å². The van der Waals surface area contributed by atoms with Gasteiger partial charge in [-0.1, -0.05) is 54.6 Å². The summed E-state index contributed by atoms with van der Waals surface area (Å²) < 4.78 is 5.44. The van der Waals surface area contributed by atoms with E-state index in [9.17, 15) is 14.4 Å². The maximum atomic E-state index is 12.2.